The summed E-state index contributed by atoms with van der Waals surface area (Å²) in [6.45, 7) is 8.96. The van der Waals surface area contributed by atoms with Gasteiger partial charge in [0, 0.05) is 5.56 Å². The first-order chi connectivity index (χ1) is 12.5. The van der Waals surface area contributed by atoms with Crippen LogP contribution >= 0.6 is 0 Å². The summed E-state index contributed by atoms with van der Waals surface area (Å²) >= 11 is 0. The number of oxime groups is 1. The number of benzene rings is 2. The lowest BCUT2D eigenvalue weighted by Gasteiger charge is -2.15. The standard InChI is InChI=1S/C22H27NO3/c1-6-7-12-25-20-13-17(3)22(18(4)14-20)26-15-21(23-24-5)19-10-8-16(2)9-11-19/h6-11,13-14H,12,15H2,1-5H3/b7-6+,23-21-. The zero-order chi connectivity index (χ0) is 18.9. The molecular formula is C22H27NO3. The fourth-order valence-electron chi connectivity index (χ4n) is 2.62. The first-order valence-corrected chi connectivity index (χ1v) is 8.70. The van der Waals surface area contributed by atoms with Crippen LogP contribution in [0.2, 0.25) is 0 Å². The maximum atomic E-state index is 6.07. The van der Waals surface area contributed by atoms with Crippen LogP contribution in [0.5, 0.6) is 11.5 Å². The third-order valence-electron chi connectivity index (χ3n) is 3.96. The van der Waals surface area contributed by atoms with Gasteiger partial charge in [0.05, 0.1) is 0 Å². The number of ether oxygens (including phenoxy) is 2. The lowest BCUT2D eigenvalue weighted by atomic mass is 10.1. The number of aryl methyl sites for hydroxylation is 3. The molecule has 0 aliphatic rings. The van der Waals surface area contributed by atoms with Crippen LogP contribution in [0.3, 0.4) is 0 Å². The van der Waals surface area contributed by atoms with Crippen molar-refractivity contribution in [2.75, 3.05) is 20.3 Å². The van der Waals surface area contributed by atoms with Gasteiger partial charge in [-0.2, -0.15) is 0 Å². The minimum Gasteiger partial charge on any atom is -0.490 e. The summed E-state index contributed by atoms with van der Waals surface area (Å²) in [5, 5.41) is 4.13. The molecule has 2 aromatic carbocycles. The highest BCUT2D eigenvalue weighted by Crippen LogP contribution is 2.28. The Morgan fingerprint density at radius 3 is 2.23 bits per heavy atom. The molecule has 0 unspecified atom stereocenters. The van der Waals surface area contributed by atoms with E-state index in [1.54, 1.807) is 7.11 Å². The van der Waals surface area contributed by atoms with Gasteiger partial charge in [-0.25, -0.2) is 0 Å². The van der Waals surface area contributed by atoms with Gasteiger partial charge in [0.15, 0.2) is 0 Å². The number of hydrogen-bond acceptors (Lipinski definition) is 4. The quantitative estimate of drug-likeness (QED) is 0.381. The summed E-state index contributed by atoms with van der Waals surface area (Å²) in [4.78, 5) is 4.99. The van der Waals surface area contributed by atoms with Crippen LogP contribution in [0.25, 0.3) is 0 Å². The molecule has 0 amide bonds. The Morgan fingerprint density at radius 1 is 1.00 bits per heavy atom. The van der Waals surface area contributed by atoms with Gasteiger partial charge in [-0.05, 0) is 51.0 Å². The van der Waals surface area contributed by atoms with Crippen LogP contribution in [0, 0.1) is 20.8 Å². The van der Waals surface area contributed by atoms with Gasteiger partial charge in [0.1, 0.15) is 37.5 Å². The van der Waals surface area contributed by atoms with Gasteiger partial charge in [-0.1, -0.05) is 47.1 Å². The van der Waals surface area contributed by atoms with E-state index in [4.69, 9.17) is 14.3 Å². The topological polar surface area (TPSA) is 40.0 Å². The Balaban J connectivity index is 2.13. The van der Waals surface area contributed by atoms with Crippen molar-refractivity contribution in [3.8, 4) is 11.5 Å². The minimum absolute atomic E-state index is 0.331. The van der Waals surface area contributed by atoms with Crippen LogP contribution in [0.15, 0.2) is 53.7 Å². The second kappa shape index (κ2) is 9.66. The molecule has 0 saturated carbocycles. The van der Waals surface area contributed by atoms with E-state index in [-0.39, 0.29) is 0 Å². The van der Waals surface area contributed by atoms with Crippen molar-refractivity contribution in [2.45, 2.75) is 27.7 Å². The molecule has 2 rings (SSSR count). The van der Waals surface area contributed by atoms with Crippen LogP contribution in [-0.4, -0.2) is 26.0 Å². The molecule has 26 heavy (non-hydrogen) atoms. The van der Waals surface area contributed by atoms with Crippen LogP contribution in [-0.2, 0) is 4.84 Å². The van der Waals surface area contributed by atoms with Crippen molar-refractivity contribution in [1.29, 1.82) is 0 Å². The molecule has 0 fully saturated rings. The lowest BCUT2D eigenvalue weighted by molar-refractivity contribution is 0.210. The van der Waals surface area contributed by atoms with Gasteiger partial charge in [-0.15, -0.1) is 0 Å². The first-order valence-electron chi connectivity index (χ1n) is 8.70. The van der Waals surface area contributed by atoms with Crippen LogP contribution in [0.4, 0.5) is 0 Å². The van der Waals surface area contributed by atoms with Crippen LogP contribution < -0.4 is 9.47 Å². The van der Waals surface area contributed by atoms with Crippen molar-refractivity contribution in [3.05, 3.63) is 70.8 Å². The molecule has 0 heterocycles. The molecular weight excluding hydrogens is 326 g/mol. The molecule has 0 radical (unpaired) electrons. The Labute approximate surface area is 156 Å². The summed E-state index contributed by atoms with van der Waals surface area (Å²) in [7, 11) is 1.54. The molecule has 0 atom stereocenters. The fourth-order valence-corrected chi connectivity index (χ4v) is 2.62. The van der Waals surface area contributed by atoms with Crippen molar-refractivity contribution in [1.82, 2.24) is 0 Å². The van der Waals surface area contributed by atoms with E-state index in [9.17, 15) is 0 Å². The molecule has 0 aromatic heterocycles. The molecule has 0 spiro atoms. The largest absolute Gasteiger partial charge is 0.490 e. The molecule has 2 aromatic rings. The predicted molar refractivity (Wildman–Crippen MR) is 106 cm³/mol. The molecule has 138 valence electrons. The number of hydrogen-bond donors (Lipinski definition) is 0. The summed E-state index contributed by atoms with van der Waals surface area (Å²) < 4.78 is 11.8. The fraction of sp³-hybridized carbons (Fsp3) is 0.318. The second-order valence-electron chi connectivity index (χ2n) is 6.14. The summed E-state index contributed by atoms with van der Waals surface area (Å²) in [6, 6.07) is 12.1. The summed E-state index contributed by atoms with van der Waals surface area (Å²) in [6.07, 6.45) is 3.95. The van der Waals surface area contributed by atoms with E-state index in [1.165, 1.54) is 5.56 Å². The van der Waals surface area contributed by atoms with Gasteiger partial charge < -0.3 is 14.3 Å². The Hall–Kier alpha value is -2.75. The summed E-state index contributed by atoms with van der Waals surface area (Å²) in [5.74, 6) is 1.69. The minimum atomic E-state index is 0.331. The predicted octanol–water partition coefficient (Wildman–Crippen LogP) is 5.00. The monoisotopic (exact) mass is 353 g/mol. The second-order valence-corrected chi connectivity index (χ2v) is 6.14. The highest BCUT2D eigenvalue weighted by molar-refractivity contribution is 6.01. The van der Waals surface area contributed by atoms with Crippen molar-refractivity contribution in [2.24, 2.45) is 5.16 Å². The number of allylic oxidation sites excluding steroid dienone is 1. The zero-order valence-corrected chi connectivity index (χ0v) is 16.2. The normalized spacial score (nSPS) is 11.7. The smallest absolute Gasteiger partial charge is 0.134 e. The number of nitrogens with zero attached hydrogens (tertiary/aromatic N) is 1. The Morgan fingerprint density at radius 2 is 1.65 bits per heavy atom. The maximum Gasteiger partial charge on any atom is 0.134 e. The average molecular weight is 353 g/mol. The highest BCUT2D eigenvalue weighted by Gasteiger charge is 2.11. The maximum absolute atomic E-state index is 6.07. The van der Waals surface area contributed by atoms with Gasteiger partial charge in [0.2, 0.25) is 0 Å². The third kappa shape index (κ3) is 5.38. The molecule has 0 bridgehead atoms. The van der Waals surface area contributed by atoms with E-state index >= 15 is 0 Å². The van der Waals surface area contributed by atoms with Crippen molar-refractivity contribution < 1.29 is 14.3 Å². The van der Waals surface area contributed by atoms with Gasteiger partial charge >= 0.3 is 0 Å². The lowest BCUT2D eigenvalue weighted by Crippen LogP contribution is -2.14. The number of rotatable bonds is 8. The van der Waals surface area contributed by atoms with E-state index in [0.29, 0.717) is 13.2 Å². The SMILES string of the molecule is C/C=C/COc1cc(C)c(OC/C(=N/OC)c2ccc(C)cc2)c(C)c1. The average Bonchev–Trinajstić information content (AvgIpc) is 2.61. The molecule has 0 N–H and O–H groups in total. The van der Waals surface area contributed by atoms with Crippen LogP contribution in [0.1, 0.15) is 29.2 Å². The van der Waals surface area contributed by atoms with E-state index in [2.05, 4.69) is 12.1 Å². The first kappa shape index (κ1) is 19.6. The van der Waals surface area contributed by atoms with Gasteiger partial charge in [0.25, 0.3) is 0 Å². The molecule has 0 aliphatic carbocycles. The zero-order valence-electron chi connectivity index (χ0n) is 16.2. The molecule has 4 nitrogen and oxygen atoms in total. The Bertz CT molecular complexity index is 753. The third-order valence-corrected chi connectivity index (χ3v) is 3.96. The van der Waals surface area contributed by atoms with E-state index in [0.717, 1.165) is 33.9 Å². The Kier molecular flexibility index (Phi) is 7.27. The summed E-state index contributed by atoms with van der Waals surface area (Å²) in [5.41, 5.74) is 4.99. The highest BCUT2D eigenvalue weighted by atomic mass is 16.6. The molecule has 0 aliphatic heterocycles. The van der Waals surface area contributed by atoms with Crippen molar-refractivity contribution >= 4 is 5.71 Å². The van der Waals surface area contributed by atoms with Crippen molar-refractivity contribution in [3.63, 3.8) is 0 Å². The molecule has 4 heteroatoms. The van der Waals surface area contributed by atoms with E-state index < -0.39 is 0 Å². The molecule has 0 saturated heterocycles. The van der Waals surface area contributed by atoms with Gasteiger partial charge in [-0.3, -0.25) is 0 Å². The van der Waals surface area contributed by atoms with E-state index in [1.807, 2.05) is 69.3 Å².